The van der Waals surface area contributed by atoms with Crippen LogP contribution in [0.5, 0.6) is 0 Å². The van der Waals surface area contributed by atoms with Gasteiger partial charge in [-0.2, -0.15) is 13.2 Å². The van der Waals surface area contributed by atoms with Gasteiger partial charge in [0.25, 0.3) is 5.91 Å². The minimum atomic E-state index is -4.63. The van der Waals surface area contributed by atoms with Crippen LogP contribution in [0.3, 0.4) is 0 Å². The number of nitrogens with one attached hydrogen (secondary N) is 1. The summed E-state index contributed by atoms with van der Waals surface area (Å²) in [5.41, 5.74) is 5.07. The quantitative estimate of drug-likeness (QED) is 0.531. The van der Waals surface area contributed by atoms with Gasteiger partial charge < -0.3 is 11.1 Å². The number of likely N-dealkylation sites (tertiary alicyclic amines) is 1. The topological polar surface area (TPSA) is 92.5 Å². The summed E-state index contributed by atoms with van der Waals surface area (Å²) in [4.78, 5) is 14.7. The predicted octanol–water partition coefficient (Wildman–Crippen LogP) is 4.25. The number of hydrogen-bond acceptors (Lipinski definition) is 5. The van der Waals surface area contributed by atoms with Crippen LogP contribution in [0.15, 0.2) is 41.3 Å². The Morgan fingerprint density at radius 3 is 2.60 bits per heavy atom. The Hall–Kier alpha value is -2.14. The van der Waals surface area contributed by atoms with Gasteiger partial charge in [0.15, 0.2) is 9.84 Å². The lowest BCUT2D eigenvalue weighted by Gasteiger charge is -2.32. The smallest absolute Gasteiger partial charge is 0.348 e. The molecule has 0 spiro atoms. The Morgan fingerprint density at radius 2 is 1.94 bits per heavy atom. The van der Waals surface area contributed by atoms with E-state index in [4.69, 9.17) is 17.3 Å². The number of sulfone groups is 1. The maximum atomic E-state index is 13.9. The summed E-state index contributed by atoms with van der Waals surface area (Å²) in [5.74, 6) is -0.631. The molecule has 1 saturated heterocycles. The molecule has 0 aliphatic carbocycles. The average Bonchev–Trinajstić information content (AvgIpc) is 2.82. The summed E-state index contributed by atoms with van der Waals surface area (Å²) < 4.78 is 66.3. The molecular weight excluding hydrogens is 503 g/mol. The molecular formula is C24H29ClF3N3O3S. The lowest BCUT2D eigenvalue weighted by atomic mass is 9.96. The van der Waals surface area contributed by atoms with Crippen molar-refractivity contribution < 1.29 is 26.4 Å². The normalized spacial score (nSPS) is 17.4. The standard InChI is InChI=1S/C24H29ClF3N3O3S/c1-2-35(33,34)22-8-7-20(25)10-19(22)13-30-23(32)17-5-6-18(21(11-17)24(26,27)28)15-31-9-3-4-16(12-29)14-31/h5-8,10-11,16H,2-4,9,12-15,29H2,1H3,(H,30,32). The van der Waals surface area contributed by atoms with Crippen molar-refractivity contribution in [3.05, 3.63) is 63.7 Å². The largest absolute Gasteiger partial charge is 0.416 e. The molecule has 0 bridgehead atoms. The van der Waals surface area contributed by atoms with Crippen LogP contribution in [0.25, 0.3) is 0 Å². The minimum Gasteiger partial charge on any atom is -0.348 e. The van der Waals surface area contributed by atoms with Gasteiger partial charge in [0, 0.05) is 30.2 Å². The number of nitrogens with zero attached hydrogens (tertiary/aromatic N) is 1. The SMILES string of the molecule is CCS(=O)(=O)c1ccc(Cl)cc1CNC(=O)c1ccc(CN2CCCC(CN)C2)c(C(F)(F)F)c1. The molecule has 1 atom stereocenters. The minimum absolute atomic E-state index is 0.0216. The van der Waals surface area contributed by atoms with Crippen molar-refractivity contribution in [2.24, 2.45) is 11.7 Å². The van der Waals surface area contributed by atoms with E-state index in [1.165, 1.54) is 37.3 Å². The molecule has 1 heterocycles. The van der Waals surface area contributed by atoms with E-state index in [2.05, 4.69) is 5.32 Å². The number of hydrogen-bond donors (Lipinski definition) is 2. The Morgan fingerprint density at radius 1 is 1.20 bits per heavy atom. The van der Waals surface area contributed by atoms with Gasteiger partial charge in [0.05, 0.1) is 16.2 Å². The highest BCUT2D eigenvalue weighted by molar-refractivity contribution is 7.91. The second-order valence-corrected chi connectivity index (χ2v) is 11.4. The number of nitrogens with two attached hydrogens (primary N) is 1. The number of carbonyl (C=O) groups excluding carboxylic acids is 1. The molecule has 0 saturated carbocycles. The molecule has 1 unspecified atom stereocenters. The Kier molecular flexibility index (Phi) is 8.85. The number of benzene rings is 2. The van der Waals surface area contributed by atoms with Crippen LogP contribution in [0.4, 0.5) is 13.2 Å². The van der Waals surface area contributed by atoms with Gasteiger partial charge in [-0.1, -0.05) is 24.6 Å². The first-order valence-electron chi connectivity index (χ1n) is 11.4. The second kappa shape index (κ2) is 11.3. The predicted molar refractivity (Wildman–Crippen MR) is 129 cm³/mol. The fourth-order valence-corrected chi connectivity index (χ4v) is 5.58. The third-order valence-corrected chi connectivity index (χ3v) is 8.25. The van der Waals surface area contributed by atoms with E-state index in [9.17, 15) is 26.4 Å². The maximum Gasteiger partial charge on any atom is 0.416 e. The van der Waals surface area contributed by atoms with Crippen LogP contribution in [-0.4, -0.2) is 44.6 Å². The van der Waals surface area contributed by atoms with Gasteiger partial charge in [0.1, 0.15) is 0 Å². The lowest BCUT2D eigenvalue weighted by Crippen LogP contribution is -2.38. The van der Waals surface area contributed by atoms with Crippen LogP contribution in [-0.2, 0) is 29.1 Å². The van der Waals surface area contributed by atoms with Crippen molar-refractivity contribution in [1.82, 2.24) is 10.2 Å². The van der Waals surface area contributed by atoms with E-state index in [0.29, 0.717) is 19.6 Å². The molecule has 3 rings (SSSR count). The summed E-state index contributed by atoms with van der Waals surface area (Å²) >= 11 is 5.99. The summed E-state index contributed by atoms with van der Waals surface area (Å²) in [6.45, 7) is 3.23. The van der Waals surface area contributed by atoms with E-state index >= 15 is 0 Å². The zero-order valence-electron chi connectivity index (χ0n) is 19.4. The molecule has 1 amide bonds. The lowest BCUT2D eigenvalue weighted by molar-refractivity contribution is -0.138. The highest BCUT2D eigenvalue weighted by atomic mass is 35.5. The molecule has 1 aliphatic heterocycles. The van der Waals surface area contributed by atoms with Crippen molar-refractivity contribution in [2.45, 2.75) is 43.9 Å². The van der Waals surface area contributed by atoms with Crippen LogP contribution in [0.1, 0.15) is 46.8 Å². The highest BCUT2D eigenvalue weighted by Crippen LogP contribution is 2.34. The second-order valence-electron chi connectivity index (χ2n) is 8.69. The number of rotatable bonds is 8. The first kappa shape index (κ1) is 27.4. The van der Waals surface area contributed by atoms with E-state index in [-0.39, 0.29) is 51.4 Å². The van der Waals surface area contributed by atoms with Crippen LogP contribution >= 0.6 is 11.6 Å². The van der Waals surface area contributed by atoms with Crippen LogP contribution in [0, 0.1) is 5.92 Å². The van der Waals surface area contributed by atoms with Gasteiger partial charge in [-0.3, -0.25) is 9.69 Å². The van der Waals surface area contributed by atoms with Gasteiger partial charge >= 0.3 is 6.18 Å². The number of amides is 1. The molecule has 0 radical (unpaired) electrons. The van der Waals surface area contributed by atoms with Gasteiger partial charge in [-0.25, -0.2) is 8.42 Å². The number of carbonyl (C=O) groups is 1. The Bertz CT molecular complexity index is 1170. The molecule has 1 fully saturated rings. The average molecular weight is 532 g/mol. The number of alkyl halides is 3. The van der Waals surface area contributed by atoms with E-state index in [0.717, 1.165) is 18.9 Å². The molecule has 35 heavy (non-hydrogen) atoms. The van der Waals surface area contributed by atoms with Crippen molar-refractivity contribution in [3.8, 4) is 0 Å². The Labute approximate surface area is 208 Å². The van der Waals surface area contributed by atoms with Crippen molar-refractivity contribution in [1.29, 1.82) is 0 Å². The molecule has 6 nitrogen and oxygen atoms in total. The first-order chi connectivity index (χ1) is 16.4. The zero-order chi connectivity index (χ0) is 25.8. The summed E-state index contributed by atoms with van der Waals surface area (Å²) in [5, 5.41) is 2.80. The number of halogens is 4. The molecule has 2 aromatic rings. The fourth-order valence-electron chi connectivity index (χ4n) is 4.27. The maximum absolute atomic E-state index is 13.9. The summed E-state index contributed by atoms with van der Waals surface area (Å²) in [7, 11) is -3.58. The molecule has 11 heteroatoms. The van der Waals surface area contributed by atoms with Crippen LogP contribution < -0.4 is 11.1 Å². The van der Waals surface area contributed by atoms with E-state index < -0.39 is 27.5 Å². The van der Waals surface area contributed by atoms with E-state index in [1.807, 2.05) is 4.90 Å². The van der Waals surface area contributed by atoms with Crippen LogP contribution in [0.2, 0.25) is 5.02 Å². The number of piperidine rings is 1. The highest BCUT2D eigenvalue weighted by Gasteiger charge is 2.35. The first-order valence-corrected chi connectivity index (χ1v) is 13.4. The monoisotopic (exact) mass is 531 g/mol. The molecule has 2 aromatic carbocycles. The molecule has 1 aliphatic rings. The Balaban J connectivity index is 1.81. The molecule has 192 valence electrons. The summed E-state index contributed by atoms with van der Waals surface area (Å²) in [6, 6.07) is 7.73. The van der Waals surface area contributed by atoms with Crippen molar-refractivity contribution >= 4 is 27.3 Å². The fraction of sp³-hybridized carbons (Fsp3) is 0.458. The van der Waals surface area contributed by atoms with E-state index in [1.54, 1.807) is 0 Å². The molecule has 3 N–H and O–H groups in total. The zero-order valence-corrected chi connectivity index (χ0v) is 20.9. The van der Waals surface area contributed by atoms with Gasteiger partial charge in [0.2, 0.25) is 0 Å². The third kappa shape index (κ3) is 6.97. The van der Waals surface area contributed by atoms with Crippen molar-refractivity contribution in [3.63, 3.8) is 0 Å². The third-order valence-electron chi connectivity index (χ3n) is 6.18. The van der Waals surface area contributed by atoms with Gasteiger partial charge in [-0.05, 0) is 73.3 Å². The summed E-state index contributed by atoms with van der Waals surface area (Å²) in [6.07, 6.45) is -2.79. The van der Waals surface area contributed by atoms with Crippen molar-refractivity contribution in [2.75, 3.05) is 25.4 Å². The molecule has 0 aromatic heterocycles. The van der Waals surface area contributed by atoms with Gasteiger partial charge in [-0.15, -0.1) is 0 Å².